The number of amides is 3. The number of carbonyl (C=O) groups excluding carboxylic acids is 3. The highest BCUT2D eigenvalue weighted by Gasteiger charge is 2.34. The Hall–Kier alpha value is -4.69. The van der Waals surface area contributed by atoms with Gasteiger partial charge in [-0.25, -0.2) is 13.4 Å². The van der Waals surface area contributed by atoms with Crippen molar-refractivity contribution in [3.05, 3.63) is 108 Å². The molecule has 4 rings (SSSR count). The maximum Gasteiger partial charge on any atom is 0.270 e. The normalized spacial score (nSPS) is 14.2. The standard InChI is InChI=1S/C35H41N5O7S/c1-4-24(3)47-40(48(45,46)27-17-14-23(2)15-18-27)22-32(41)30(20-25-10-6-5-7-11-25)38-35(44)31(21-33(36)42)39-34(43)29-19-16-26-12-8-9-13-28(26)37-29/h5-19,24,30-32,41H,4,20-22H2,1-3H3,(H2,36,42)(H,38,44)(H,39,43)/t24?,30-,31-,32+/m0/s1. The molecule has 0 saturated carbocycles. The fourth-order valence-corrected chi connectivity index (χ4v) is 6.17. The first-order chi connectivity index (χ1) is 22.9. The highest BCUT2D eigenvalue weighted by molar-refractivity contribution is 7.89. The van der Waals surface area contributed by atoms with E-state index in [0.717, 1.165) is 21.0 Å². The van der Waals surface area contributed by atoms with Crippen LogP contribution in [0.2, 0.25) is 0 Å². The number of para-hydroxylation sites is 1. The molecule has 4 atom stereocenters. The number of fused-ring (bicyclic) bond motifs is 1. The Balaban J connectivity index is 1.60. The minimum absolute atomic E-state index is 0.0241. The van der Waals surface area contributed by atoms with Crippen molar-refractivity contribution < 1.29 is 32.7 Å². The van der Waals surface area contributed by atoms with Crippen molar-refractivity contribution in [1.82, 2.24) is 20.1 Å². The van der Waals surface area contributed by atoms with Gasteiger partial charge in [0.15, 0.2) is 0 Å². The molecule has 4 aromatic rings. The van der Waals surface area contributed by atoms with Crippen LogP contribution in [0.4, 0.5) is 0 Å². The minimum atomic E-state index is -4.23. The van der Waals surface area contributed by atoms with E-state index in [1.807, 2.05) is 32.0 Å². The summed E-state index contributed by atoms with van der Waals surface area (Å²) in [6.45, 7) is 4.83. The second kappa shape index (κ2) is 16.4. The number of aliphatic hydroxyl groups is 1. The van der Waals surface area contributed by atoms with Crippen LogP contribution in [0.25, 0.3) is 10.9 Å². The van der Waals surface area contributed by atoms with Crippen molar-refractivity contribution in [2.24, 2.45) is 5.73 Å². The summed E-state index contributed by atoms with van der Waals surface area (Å²) in [7, 11) is -4.23. The maximum atomic E-state index is 13.7. The van der Waals surface area contributed by atoms with Gasteiger partial charge in [0.2, 0.25) is 11.8 Å². The second-order valence-electron chi connectivity index (χ2n) is 11.6. The highest BCUT2D eigenvalue weighted by Crippen LogP contribution is 2.21. The molecule has 13 heteroatoms. The molecule has 0 bridgehead atoms. The summed E-state index contributed by atoms with van der Waals surface area (Å²) in [5.74, 6) is -2.36. The number of rotatable bonds is 16. The van der Waals surface area contributed by atoms with E-state index >= 15 is 0 Å². The number of carbonyl (C=O) groups is 3. The highest BCUT2D eigenvalue weighted by atomic mass is 32.2. The lowest BCUT2D eigenvalue weighted by atomic mass is 10.00. The number of pyridine rings is 1. The molecule has 0 aliphatic carbocycles. The molecule has 0 saturated heterocycles. The number of nitrogens with one attached hydrogen (secondary N) is 2. The first-order valence-electron chi connectivity index (χ1n) is 15.6. The number of nitrogens with two attached hydrogens (primary N) is 1. The summed E-state index contributed by atoms with van der Waals surface area (Å²) in [5.41, 5.74) is 7.63. The molecule has 0 spiro atoms. The predicted molar refractivity (Wildman–Crippen MR) is 181 cm³/mol. The Kier molecular flexibility index (Phi) is 12.4. The first-order valence-corrected chi connectivity index (χ1v) is 17.0. The van der Waals surface area contributed by atoms with Crippen LogP contribution in [0, 0.1) is 6.92 Å². The van der Waals surface area contributed by atoms with Crippen LogP contribution in [0.15, 0.2) is 95.9 Å². The van der Waals surface area contributed by atoms with E-state index in [4.69, 9.17) is 10.6 Å². The Bertz CT molecular complexity index is 1820. The fraction of sp³-hybridized carbons (Fsp3) is 0.314. The van der Waals surface area contributed by atoms with E-state index in [0.29, 0.717) is 11.9 Å². The third-order valence-electron chi connectivity index (χ3n) is 7.74. The molecule has 0 aliphatic rings. The molecule has 0 radical (unpaired) electrons. The number of hydrogen-bond donors (Lipinski definition) is 4. The number of hydrogen-bond acceptors (Lipinski definition) is 8. The maximum absolute atomic E-state index is 13.7. The Morgan fingerprint density at radius 3 is 2.27 bits per heavy atom. The molecular weight excluding hydrogens is 634 g/mol. The van der Waals surface area contributed by atoms with Gasteiger partial charge in [0.25, 0.3) is 15.9 Å². The van der Waals surface area contributed by atoms with Gasteiger partial charge in [0.05, 0.1) is 41.6 Å². The largest absolute Gasteiger partial charge is 0.389 e. The molecule has 5 N–H and O–H groups in total. The molecule has 1 unspecified atom stereocenters. The average Bonchev–Trinajstić information content (AvgIpc) is 3.07. The summed E-state index contributed by atoms with van der Waals surface area (Å²) in [4.78, 5) is 49.0. The van der Waals surface area contributed by atoms with E-state index in [-0.39, 0.29) is 17.0 Å². The molecule has 1 heterocycles. The van der Waals surface area contributed by atoms with Gasteiger partial charge < -0.3 is 21.5 Å². The third kappa shape index (κ3) is 9.67. The number of aliphatic hydroxyl groups excluding tert-OH is 1. The van der Waals surface area contributed by atoms with Crippen LogP contribution in [-0.2, 0) is 30.9 Å². The van der Waals surface area contributed by atoms with Gasteiger partial charge in [-0.3, -0.25) is 19.2 Å². The van der Waals surface area contributed by atoms with E-state index < -0.39 is 65.0 Å². The summed E-state index contributed by atoms with van der Waals surface area (Å²) in [6, 6.07) is 23.1. The van der Waals surface area contributed by atoms with Gasteiger partial charge in [0, 0.05) is 5.39 Å². The quantitative estimate of drug-likeness (QED) is 0.131. The number of primary amides is 1. The number of benzene rings is 3. The lowest BCUT2D eigenvalue weighted by Gasteiger charge is -2.31. The number of sulfonamides is 1. The van der Waals surface area contributed by atoms with Gasteiger partial charge in [0.1, 0.15) is 11.7 Å². The predicted octanol–water partition coefficient (Wildman–Crippen LogP) is 3.03. The fourth-order valence-electron chi connectivity index (χ4n) is 4.85. The van der Waals surface area contributed by atoms with E-state index in [9.17, 15) is 27.9 Å². The van der Waals surface area contributed by atoms with E-state index in [1.54, 1.807) is 61.5 Å². The molecule has 12 nitrogen and oxygen atoms in total. The summed E-state index contributed by atoms with van der Waals surface area (Å²) < 4.78 is 28.1. The second-order valence-corrected chi connectivity index (χ2v) is 13.4. The van der Waals surface area contributed by atoms with Crippen molar-refractivity contribution in [1.29, 1.82) is 0 Å². The van der Waals surface area contributed by atoms with Crippen LogP contribution in [0.1, 0.15) is 48.3 Å². The van der Waals surface area contributed by atoms with Crippen molar-refractivity contribution >= 4 is 38.6 Å². The van der Waals surface area contributed by atoms with Gasteiger partial charge in [-0.05, 0) is 56.5 Å². The Morgan fingerprint density at radius 2 is 1.60 bits per heavy atom. The zero-order valence-corrected chi connectivity index (χ0v) is 27.9. The zero-order chi connectivity index (χ0) is 34.8. The number of hydroxylamine groups is 1. The number of nitrogens with zero attached hydrogens (tertiary/aromatic N) is 2. The zero-order valence-electron chi connectivity index (χ0n) is 27.1. The van der Waals surface area contributed by atoms with E-state index in [2.05, 4.69) is 15.6 Å². The summed E-state index contributed by atoms with van der Waals surface area (Å²) in [5, 5.41) is 17.6. The molecule has 3 amide bonds. The van der Waals surface area contributed by atoms with Crippen molar-refractivity contribution in [3.63, 3.8) is 0 Å². The van der Waals surface area contributed by atoms with Crippen LogP contribution in [0.5, 0.6) is 0 Å². The van der Waals surface area contributed by atoms with Crippen LogP contribution >= 0.6 is 0 Å². The molecule has 254 valence electrons. The molecule has 3 aromatic carbocycles. The number of aryl methyl sites for hydroxylation is 1. The lowest BCUT2D eigenvalue weighted by molar-refractivity contribution is -0.144. The molecule has 1 aromatic heterocycles. The summed E-state index contributed by atoms with van der Waals surface area (Å²) in [6.07, 6.45) is -1.98. The SMILES string of the molecule is CCC(C)ON(C[C@@H](O)[C@H](Cc1ccccc1)NC(=O)[C@H](CC(N)=O)NC(=O)c1ccc2ccccc2n1)S(=O)(=O)c1ccc(C)cc1. The first kappa shape index (κ1) is 36.2. The van der Waals surface area contributed by atoms with Crippen molar-refractivity contribution in [3.8, 4) is 0 Å². The molecular formula is C35H41N5O7S. The Labute approximate surface area is 280 Å². The molecule has 48 heavy (non-hydrogen) atoms. The third-order valence-corrected chi connectivity index (χ3v) is 9.38. The molecule has 0 aliphatic heterocycles. The smallest absolute Gasteiger partial charge is 0.270 e. The van der Waals surface area contributed by atoms with Gasteiger partial charge in [-0.1, -0.05) is 83.7 Å². The van der Waals surface area contributed by atoms with Gasteiger partial charge in [-0.15, -0.1) is 0 Å². The monoisotopic (exact) mass is 675 g/mol. The van der Waals surface area contributed by atoms with Gasteiger partial charge in [-0.2, -0.15) is 0 Å². The topological polar surface area (TPSA) is 181 Å². The minimum Gasteiger partial charge on any atom is -0.389 e. The van der Waals surface area contributed by atoms with Crippen LogP contribution in [0.3, 0.4) is 0 Å². The van der Waals surface area contributed by atoms with Crippen molar-refractivity contribution in [2.75, 3.05) is 6.54 Å². The lowest BCUT2D eigenvalue weighted by Crippen LogP contribution is -2.56. The van der Waals surface area contributed by atoms with Crippen LogP contribution in [-0.4, -0.2) is 71.5 Å². The van der Waals surface area contributed by atoms with Crippen molar-refractivity contribution in [2.45, 2.75) is 69.2 Å². The van der Waals surface area contributed by atoms with Crippen LogP contribution < -0.4 is 16.4 Å². The van der Waals surface area contributed by atoms with Gasteiger partial charge >= 0.3 is 0 Å². The van der Waals surface area contributed by atoms with E-state index in [1.165, 1.54) is 18.2 Å². The molecule has 0 fully saturated rings. The summed E-state index contributed by atoms with van der Waals surface area (Å²) >= 11 is 0. The Morgan fingerprint density at radius 1 is 0.938 bits per heavy atom. The number of aromatic nitrogens is 1. The average molecular weight is 676 g/mol.